The second-order valence-corrected chi connectivity index (χ2v) is 5.76. The van der Waals surface area contributed by atoms with E-state index in [0.29, 0.717) is 6.61 Å². The molecule has 0 saturated heterocycles. The number of halogens is 1. The van der Waals surface area contributed by atoms with Gasteiger partial charge in [0.25, 0.3) is 0 Å². The molecule has 0 heterocycles. The van der Waals surface area contributed by atoms with Crippen molar-refractivity contribution in [3.63, 3.8) is 0 Å². The van der Waals surface area contributed by atoms with Gasteiger partial charge >= 0.3 is 0 Å². The van der Waals surface area contributed by atoms with Crippen molar-refractivity contribution >= 4 is 15.9 Å². The first-order valence-corrected chi connectivity index (χ1v) is 7.56. The largest absolute Gasteiger partial charge is 0.368 e. The van der Waals surface area contributed by atoms with E-state index in [9.17, 15) is 0 Å². The van der Waals surface area contributed by atoms with Crippen molar-refractivity contribution < 1.29 is 4.74 Å². The third-order valence-electron chi connectivity index (χ3n) is 3.27. The minimum Gasteiger partial charge on any atom is -0.368 e. The minimum atomic E-state index is 0.0696. The van der Waals surface area contributed by atoms with E-state index in [1.54, 1.807) is 0 Å². The number of likely N-dealkylation sites (N-methyl/N-ethyl adjacent to an activating group) is 1. The molecular weight excluding hydrogens is 314 g/mol. The van der Waals surface area contributed by atoms with Crippen molar-refractivity contribution in [2.75, 3.05) is 13.6 Å². The summed E-state index contributed by atoms with van der Waals surface area (Å²) in [6.45, 7) is 3.54. The number of benzene rings is 2. The van der Waals surface area contributed by atoms with Gasteiger partial charge in [-0.3, -0.25) is 0 Å². The van der Waals surface area contributed by atoms with Crippen LogP contribution >= 0.6 is 15.9 Å². The van der Waals surface area contributed by atoms with E-state index in [0.717, 1.165) is 11.0 Å². The molecular formula is C17H20BrNO. The molecule has 0 amide bonds. The number of rotatable bonds is 6. The van der Waals surface area contributed by atoms with Crippen molar-refractivity contribution in [2.45, 2.75) is 19.6 Å². The number of aryl methyl sites for hydroxylation is 1. The van der Waals surface area contributed by atoms with Crippen molar-refractivity contribution in [3.8, 4) is 0 Å². The average Bonchev–Trinajstić information content (AvgIpc) is 2.44. The van der Waals surface area contributed by atoms with Gasteiger partial charge in [0.2, 0.25) is 0 Å². The summed E-state index contributed by atoms with van der Waals surface area (Å²) in [5, 5.41) is 3.21. The Kier molecular flexibility index (Phi) is 5.77. The van der Waals surface area contributed by atoms with Gasteiger partial charge in [-0.1, -0.05) is 52.3 Å². The van der Waals surface area contributed by atoms with Crippen LogP contribution in [-0.4, -0.2) is 13.6 Å². The Labute approximate surface area is 129 Å². The molecule has 0 bridgehead atoms. The Morgan fingerprint density at radius 2 is 1.95 bits per heavy atom. The van der Waals surface area contributed by atoms with Crippen molar-refractivity contribution in [3.05, 3.63) is 69.7 Å². The minimum absolute atomic E-state index is 0.0696. The van der Waals surface area contributed by atoms with Crippen molar-refractivity contribution in [1.82, 2.24) is 5.32 Å². The summed E-state index contributed by atoms with van der Waals surface area (Å²) in [5.74, 6) is 0. The third kappa shape index (κ3) is 4.17. The first-order chi connectivity index (χ1) is 9.70. The van der Waals surface area contributed by atoms with Crippen LogP contribution in [0.5, 0.6) is 0 Å². The highest BCUT2D eigenvalue weighted by Crippen LogP contribution is 2.22. The molecule has 0 aliphatic heterocycles. The van der Waals surface area contributed by atoms with E-state index in [-0.39, 0.29) is 6.10 Å². The molecule has 0 aliphatic rings. The molecule has 0 saturated carbocycles. The zero-order valence-electron chi connectivity index (χ0n) is 11.9. The van der Waals surface area contributed by atoms with Crippen LogP contribution in [0, 0.1) is 6.92 Å². The monoisotopic (exact) mass is 333 g/mol. The lowest BCUT2D eigenvalue weighted by atomic mass is 10.0. The standard InChI is InChI=1S/C17H20BrNO/c1-13-6-3-4-9-16(13)17(11-19-2)20-12-14-7-5-8-15(18)10-14/h3-10,17,19H,11-12H2,1-2H3. The fraction of sp³-hybridized carbons (Fsp3) is 0.294. The zero-order valence-corrected chi connectivity index (χ0v) is 13.5. The lowest BCUT2D eigenvalue weighted by Crippen LogP contribution is -2.20. The average molecular weight is 334 g/mol. The van der Waals surface area contributed by atoms with Crippen molar-refractivity contribution in [2.24, 2.45) is 0 Å². The lowest BCUT2D eigenvalue weighted by molar-refractivity contribution is 0.0406. The maximum Gasteiger partial charge on any atom is 0.0956 e. The Morgan fingerprint density at radius 3 is 2.65 bits per heavy atom. The van der Waals surface area contributed by atoms with Gasteiger partial charge in [-0.15, -0.1) is 0 Å². The number of ether oxygens (including phenoxy) is 1. The van der Waals surface area contributed by atoms with Gasteiger partial charge in [0.1, 0.15) is 0 Å². The molecule has 0 radical (unpaired) electrons. The lowest BCUT2D eigenvalue weighted by Gasteiger charge is -2.20. The van der Waals surface area contributed by atoms with Crippen LogP contribution in [0.2, 0.25) is 0 Å². The molecule has 0 spiro atoms. The fourth-order valence-corrected chi connectivity index (χ4v) is 2.66. The van der Waals surface area contributed by atoms with Crippen LogP contribution in [0.4, 0.5) is 0 Å². The van der Waals surface area contributed by atoms with Gasteiger partial charge in [0.05, 0.1) is 12.7 Å². The Balaban J connectivity index is 2.08. The van der Waals surface area contributed by atoms with E-state index in [1.807, 2.05) is 19.2 Å². The summed E-state index contributed by atoms with van der Waals surface area (Å²) >= 11 is 3.49. The highest BCUT2D eigenvalue weighted by Gasteiger charge is 2.13. The smallest absolute Gasteiger partial charge is 0.0956 e. The van der Waals surface area contributed by atoms with Gasteiger partial charge in [-0.25, -0.2) is 0 Å². The maximum absolute atomic E-state index is 6.11. The molecule has 20 heavy (non-hydrogen) atoms. The number of hydrogen-bond acceptors (Lipinski definition) is 2. The predicted molar refractivity (Wildman–Crippen MR) is 86.8 cm³/mol. The van der Waals surface area contributed by atoms with E-state index < -0.39 is 0 Å². The quantitative estimate of drug-likeness (QED) is 0.853. The van der Waals surface area contributed by atoms with E-state index >= 15 is 0 Å². The van der Waals surface area contributed by atoms with Crippen LogP contribution in [-0.2, 0) is 11.3 Å². The molecule has 106 valence electrons. The summed E-state index contributed by atoms with van der Waals surface area (Å²) in [5.41, 5.74) is 3.69. The Morgan fingerprint density at radius 1 is 1.15 bits per heavy atom. The molecule has 2 rings (SSSR count). The third-order valence-corrected chi connectivity index (χ3v) is 3.76. The topological polar surface area (TPSA) is 21.3 Å². The summed E-state index contributed by atoms with van der Waals surface area (Å²) in [4.78, 5) is 0. The predicted octanol–water partition coefficient (Wildman–Crippen LogP) is 4.23. The molecule has 2 aromatic rings. The normalized spacial score (nSPS) is 12.3. The van der Waals surface area contributed by atoms with Gasteiger partial charge in [-0.05, 0) is 42.8 Å². The Hall–Kier alpha value is -1.16. The molecule has 0 aromatic heterocycles. The highest BCUT2D eigenvalue weighted by molar-refractivity contribution is 9.10. The summed E-state index contributed by atoms with van der Waals surface area (Å²) in [6.07, 6.45) is 0.0696. The molecule has 0 aliphatic carbocycles. The summed E-state index contributed by atoms with van der Waals surface area (Å²) in [7, 11) is 1.95. The highest BCUT2D eigenvalue weighted by atomic mass is 79.9. The van der Waals surface area contributed by atoms with Gasteiger partial charge in [-0.2, -0.15) is 0 Å². The van der Waals surface area contributed by atoms with Gasteiger partial charge < -0.3 is 10.1 Å². The van der Waals surface area contributed by atoms with Crippen molar-refractivity contribution in [1.29, 1.82) is 0 Å². The van der Waals surface area contributed by atoms with Crippen LogP contribution in [0.3, 0.4) is 0 Å². The van der Waals surface area contributed by atoms with Gasteiger partial charge in [0, 0.05) is 11.0 Å². The first kappa shape index (κ1) is 15.2. The van der Waals surface area contributed by atoms with Crippen LogP contribution in [0.1, 0.15) is 22.8 Å². The van der Waals surface area contributed by atoms with E-state index in [2.05, 4.69) is 64.6 Å². The summed E-state index contributed by atoms with van der Waals surface area (Å²) < 4.78 is 7.19. The van der Waals surface area contributed by atoms with E-state index in [1.165, 1.54) is 16.7 Å². The second-order valence-electron chi connectivity index (χ2n) is 4.84. The van der Waals surface area contributed by atoms with Crippen LogP contribution in [0.25, 0.3) is 0 Å². The van der Waals surface area contributed by atoms with Gasteiger partial charge in [0.15, 0.2) is 0 Å². The molecule has 1 atom stereocenters. The zero-order chi connectivity index (χ0) is 14.4. The number of nitrogens with one attached hydrogen (secondary N) is 1. The molecule has 0 fully saturated rings. The maximum atomic E-state index is 6.11. The second kappa shape index (κ2) is 7.58. The number of hydrogen-bond donors (Lipinski definition) is 1. The molecule has 1 N–H and O–H groups in total. The van der Waals surface area contributed by atoms with E-state index in [4.69, 9.17) is 4.74 Å². The molecule has 1 unspecified atom stereocenters. The molecule has 2 nitrogen and oxygen atoms in total. The molecule has 3 heteroatoms. The SMILES string of the molecule is CNCC(OCc1cccc(Br)c1)c1ccccc1C. The molecule has 2 aromatic carbocycles. The van der Waals surface area contributed by atoms with Crippen LogP contribution in [0.15, 0.2) is 53.0 Å². The summed E-state index contributed by atoms with van der Waals surface area (Å²) in [6, 6.07) is 16.6. The first-order valence-electron chi connectivity index (χ1n) is 6.77. The Bertz CT molecular complexity index is 556. The fourth-order valence-electron chi connectivity index (χ4n) is 2.22. The van der Waals surface area contributed by atoms with Crippen LogP contribution < -0.4 is 5.32 Å².